The van der Waals surface area contributed by atoms with Crippen LogP contribution in [-0.4, -0.2) is 23.4 Å². The summed E-state index contributed by atoms with van der Waals surface area (Å²) in [6.45, 7) is 6.61. The fraction of sp³-hybridized carbons (Fsp3) is 0.667. The van der Waals surface area contributed by atoms with E-state index in [-0.39, 0.29) is 5.91 Å². The largest absolute Gasteiger partial charge is 0.295 e. The molecule has 1 aromatic rings. The first-order chi connectivity index (χ1) is 9.60. The molecule has 0 atom stereocenters. The van der Waals surface area contributed by atoms with Gasteiger partial charge in [0.2, 0.25) is 0 Å². The number of hydrogen-bond acceptors (Lipinski definition) is 4. The molecule has 1 aliphatic rings. The average Bonchev–Trinajstić information content (AvgIpc) is 3.07. The highest BCUT2D eigenvalue weighted by Gasteiger charge is 2.23. The Hall–Kier alpha value is -0.910. The molecule has 0 saturated heterocycles. The second-order valence-corrected chi connectivity index (χ2v) is 7.17. The van der Waals surface area contributed by atoms with Crippen LogP contribution in [0.1, 0.15) is 54.1 Å². The van der Waals surface area contributed by atoms with Gasteiger partial charge in [-0.05, 0) is 30.9 Å². The van der Waals surface area contributed by atoms with E-state index in [9.17, 15) is 4.79 Å². The van der Waals surface area contributed by atoms with E-state index in [4.69, 9.17) is 5.84 Å². The Morgan fingerprint density at radius 2 is 2.15 bits per heavy atom. The highest BCUT2D eigenvalue weighted by molar-refractivity contribution is 7.14. The minimum atomic E-state index is -0.197. The van der Waals surface area contributed by atoms with E-state index in [1.165, 1.54) is 30.6 Å². The Morgan fingerprint density at radius 1 is 1.45 bits per heavy atom. The molecule has 0 spiro atoms. The maximum atomic E-state index is 11.5. The topological polar surface area (TPSA) is 58.4 Å². The molecule has 0 radical (unpaired) electrons. The number of carbonyl (C=O) groups is 1. The number of nitrogen functional groups attached to an aromatic ring is 1. The lowest BCUT2D eigenvalue weighted by molar-refractivity contribution is 0.0957. The third-order valence-electron chi connectivity index (χ3n) is 3.82. The van der Waals surface area contributed by atoms with Crippen LogP contribution >= 0.6 is 11.3 Å². The maximum absolute atomic E-state index is 11.5. The summed E-state index contributed by atoms with van der Waals surface area (Å²) < 4.78 is 0. The second-order valence-electron chi connectivity index (χ2n) is 6.00. The molecule has 112 valence electrons. The van der Waals surface area contributed by atoms with E-state index < -0.39 is 0 Å². The van der Waals surface area contributed by atoms with Gasteiger partial charge in [-0.3, -0.25) is 15.1 Å². The van der Waals surface area contributed by atoms with Crippen molar-refractivity contribution in [3.8, 4) is 0 Å². The zero-order chi connectivity index (χ0) is 14.5. The first kappa shape index (κ1) is 15.5. The molecular formula is C15H25N3OS. The van der Waals surface area contributed by atoms with Crippen LogP contribution in [0.3, 0.4) is 0 Å². The lowest BCUT2D eigenvalue weighted by Gasteiger charge is -2.30. The van der Waals surface area contributed by atoms with Gasteiger partial charge in [0.05, 0.1) is 4.88 Å². The van der Waals surface area contributed by atoms with Crippen LogP contribution in [0.4, 0.5) is 0 Å². The van der Waals surface area contributed by atoms with Crippen molar-refractivity contribution in [2.24, 2.45) is 11.8 Å². The van der Waals surface area contributed by atoms with Crippen LogP contribution in [0.5, 0.6) is 0 Å². The zero-order valence-corrected chi connectivity index (χ0v) is 13.2. The minimum absolute atomic E-state index is 0.197. The number of nitrogens with zero attached hydrogens (tertiary/aromatic N) is 1. The molecule has 0 unspecified atom stereocenters. The molecule has 2 rings (SSSR count). The van der Waals surface area contributed by atoms with Crippen LogP contribution in [0, 0.1) is 5.92 Å². The van der Waals surface area contributed by atoms with Crippen molar-refractivity contribution in [3.05, 3.63) is 21.9 Å². The molecule has 20 heavy (non-hydrogen) atoms. The second kappa shape index (κ2) is 7.20. The van der Waals surface area contributed by atoms with Crippen molar-refractivity contribution in [1.82, 2.24) is 10.3 Å². The lowest BCUT2D eigenvalue weighted by atomic mass is 10.1. The predicted molar refractivity (Wildman–Crippen MR) is 83.5 cm³/mol. The van der Waals surface area contributed by atoms with Gasteiger partial charge in [0.1, 0.15) is 0 Å². The molecule has 3 N–H and O–H groups in total. The molecule has 0 aliphatic heterocycles. The van der Waals surface area contributed by atoms with Crippen LogP contribution in [0.15, 0.2) is 12.1 Å². The summed E-state index contributed by atoms with van der Waals surface area (Å²) in [6.07, 6.45) is 5.33. The fourth-order valence-electron chi connectivity index (χ4n) is 2.94. The quantitative estimate of drug-likeness (QED) is 0.482. The number of hydrazine groups is 1. The van der Waals surface area contributed by atoms with E-state index in [0.29, 0.717) is 16.8 Å². The molecule has 5 heteroatoms. The van der Waals surface area contributed by atoms with Crippen LogP contribution in [-0.2, 0) is 6.54 Å². The number of rotatable bonds is 6. The molecule has 4 nitrogen and oxygen atoms in total. The van der Waals surface area contributed by atoms with Gasteiger partial charge < -0.3 is 0 Å². The third kappa shape index (κ3) is 4.04. The third-order valence-corrected chi connectivity index (χ3v) is 4.88. The lowest BCUT2D eigenvalue weighted by Crippen LogP contribution is -2.35. The first-order valence-corrected chi connectivity index (χ1v) is 8.25. The first-order valence-electron chi connectivity index (χ1n) is 7.44. The van der Waals surface area contributed by atoms with Crippen LogP contribution in [0.25, 0.3) is 0 Å². The minimum Gasteiger partial charge on any atom is -0.295 e. The molecule has 1 heterocycles. The van der Waals surface area contributed by atoms with Crippen LogP contribution in [0.2, 0.25) is 0 Å². The normalized spacial score (nSPS) is 16.2. The smallest absolute Gasteiger partial charge is 0.275 e. The van der Waals surface area contributed by atoms with Crippen molar-refractivity contribution >= 4 is 17.2 Å². The van der Waals surface area contributed by atoms with E-state index >= 15 is 0 Å². The van der Waals surface area contributed by atoms with Gasteiger partial charge in [0.25, 0.3) is 5.91 Å². The van der Waals surface area contributed by atoms with Crippen LogP contribution < -0.4 is 11.3 Å². The summed E-state index contributed by atoms with van der Waals surface area (Å²) in [5.41, 5.74) is 2.19. The maximum Gasteiger partial charge on any atom is 0.275 e. The summed E-state index contributed by atoms with van der Waals surface area (Å²) in [4.78, 5) is 16.0. The van der Waals surface area contributed by atoms with Gasteiger partial charge in [-0.2, -0.15) is 0 Å². The zero-order valence-electron chi connectivity index (χ0n) is 12.4. The number of thiophene rings is 1. The highest BCUT2D eigenvalue weighted by Crippen LogP contribution is 2.27. The van der Waals surface area contributed by atoms with Crippen molar-refractivity contribution in [2.45, 2.75) is 52.1 Å². The summed E-state index contributed by atoms with van der Waals surface area (Å²) in [7, 11) is 0. The molecule has 0 aromatic carbocycles. The number of nitrogens with one attached hydrogen (secondary N) is 1. The van der Waals surface area contributed by atoms with Crippen molar-refractivity contribution < 1.29 is 4.79 Å². The van der Waals surface area contributed by atoms with E-state index in [0.717, 1.165) is 13.1 Å². The van der Waals surface area contributed by atoms with Gasteiger partial charge in [0.15, 0.2) is 0 Å². The van der Waals surface area contributed by atoms with Crippen molar-refractivity contribution in [3.63, 3.8) is 0 Å². The number of carbonyl (C=O) groups excluding carboxylic acids is 1. The summed E-state index contributed by atoms with van der Waals surface area (Å²) in [6, 6.07) is 4.63. The fourth-order valence-corrected chi connectivity index (χ4v) is 3.87. The average molecular weight is 295 g/mol. The Labute approximate surface area is 125 Å². The van der Waals surface area contributed by atoms with Gasteiger partial charge >= 0.3 is 0 Å². The summed E-state index contributed by atoms with van der Waals surface area (Å²) in [5, 5.41) is 0. The molecule has 1 saturated carbocycles. The van der Waals surface area contributed by atoms with Gasteiger partial charge in [0, 0.05) is 24.0 Å². The predicted octanol–water partition coefficient (Wildman–Crippen LogP) is 2.75. The standard InChI is InChI=1S/C15H25N3OS/c1-11(2)9-18(12-5-3-4-6-12)10-13-7-8-14(20-13)15(19)17-16/h7-8,11-12H,3-6,9-10,16H2,1-2H3,(H,17,19). The molecule has 1 amide bonds. The Kier molecular flexibility index (Phi) is 5.57. The Morgan fingerprint density at radius 3 is 2.75 bits per heavy atom. The Balaban J connectivity index is 2.02. The molecule has 0 bridgehead atoms. The van der Waals surface area contributed by atoms with E-state index in [1.807, 2.05) is 6.07 Å². The Bertz CT molecular complexity index is 438. The summed E-state index contributed by atoms with van der Waals surface area (Å²) in [5.74, 6) is 5.65. The molecule has 1 aliphatic carbocycles. The summed E-state index contributed by atoms with van der Waals surface area (Å²) >= 11 is 1.55. The molecule has 1 fully saturated rings. The van der Waals surface area contributed by atoms with Crippen molar-refractivity contribution in [2.75, 3.05) is 6.54 Å². The number of nitrogens with two attached hydrogens (primary N) is 1. The van der Waals surface area contributed by atoms with Gasteiger partial charge in [-0.1, -0.05) is 26.7 Å². The van der Waals surface area contributed by atoms with E-state index in [1.54, 1.807) is 11.3 Å². The van der Waals surface area contributed by atoms with Gasteiger partial charge in [-0.15, -0.1) is 11.3 Å². The molecular weight excluding hydrogens is 270 g/mol. The van der Waals surface area contributed by atoms with Crippen molar-refractivity contribution in [1.29, 1.82) is 0 Å². The number of amides is 1. The van der Waals surface area contributed by atoms with E-state index in [2.05, 4.69) is 30.2 Å². The number of hydrogen-bond donors (Lipinski definition) is 2. The highest BCUT2D eigenvalue weighted by atomic mass is 32.1. The molecule has 1 aromatic heterocycles. The SMILES string of the molecule is CC(C)CN(Cc1ccc(C(=O)NN)s1)C1CCCC1. The van der Waals surface area contributed by atoms with Gasteiger partial charge in [-0.25, -0.2) is 5.84 Å². The monoisotopic (exact) mass is 295 g/mol.